The topological polar surface area (TPSA) is 128 Å². The van der Waals surface area contributed by atoms with Crippen molar-refractivity contribution >= 4 is 29.0 Å². The molecule has 4 aromatic rings. The van der Waals surface area contributed by atoms with Gasteiger partial charge in [0, 0.05) is 48.1 Å². The maximum Gasteiger partial charge on any atom is 0.416 e. The van der Waals surface area contributed by atoms with Gasteiger partial charge >= 0.3 is 6.18 Å². The number of nitrogens with zero attached hydrogens (tertiary/aromatic N) is 5. The molecule has 44 heavy (non-hydrogen) atoms. The van der Waals surface area contributed by atoms with Gasteiger partial charge in [0.05, 0.1) is 18.2 Å². The fourth-order valence-corrected chi connectivity index (χ4v) is 6.28. The van der Waals surface area contributed by atoms with Gasteiger partial charge in [-0.15, -0.1) is 0 Å². The molecular weight excluding hydrogens is 582 g/mol. The average molecular weight is 612 g/mol. The number of methoxy groups -OCH3 is 1. The van der Waals surface area contributed by atoms with Crippen molar-refractivity contribution in [2.75, 3.05) is 24.7 Å². The Kier molecular flexibility index (Phi) is 6.97. The lowest BCUT2D eigenvalue weighted by molar-refractivity contribution is -0.138. The molecule has 0 aliphatic carbocycles. The summed E-state index contributed by atoms with van der Waals surface area (Å²) in [5, 5.41) is 2.27. The number of fused-ring (bicyclic) bond motifs is 2. The average Bonchev–Trinajstić information content (AvgIpc) is 3.46. The first-order chi connectivity index (χ1) is 20.8. The predicted octanol–water partition coefficient (Wildman–Crippen LogP) is 5.30. The number of carbonyl (C=O) groups excluding carboxylic acids is 2. The maximum atomic E-state index is 15.9. The molecule has 0 bridgehead atoms. The molecule has 3 N–H and O–H groups in total. The van der Waals surface area contributed by atoms with Gasteiger partial charge in [-0.05, 0) is 43.5 Å². The van der Waals surface area contributed by atoms with Gasteiger partial charge in [-0.3, -0.25) is 14.0 Å². The summed E-state index contributed by atoms with van der Waals surface area (Å²) in [6.07, 6.45) is 1.80. The van der Waals surface area contributed by atoms with E-state index in [1.807, 2.05) is 18.7 Å². The Morgan fingerprint density at radius 2 is 1.93 bits per heavy atom. The first-order valence-corrected chi connectivity index (χ1v) is 13.9. The standard InChI is InChI=1S/C30H29F4N7O3/c1-29(2)13-18-5-4-15(14-41(18)28(29)43)26-39-23(24-25(35)37-8-9-40(24)26)22-19(31)10-16(11-20(22)44-3)27(42)38-21-12-17(6-7-36-21)30(32,33)34/h6-12,15,18H,4-5,13-14H2,1-3H3,(H2,35,37)(H,36,38,42). The quantitative estimate of drug-likeness (QED) is 0.293. The van der Waals surface area contributed by atoms with Gasteiger partial charge in [-0.1, -0.05) is 13.8 Å². The third kappa shape index (κ3) is 4.97. The molecular formula is C30H29F4N7O3. The number of imidazole rings is 1. The molecule has 3 aromatic heterocycles. The molecule has 14 heteroatoms. The van der Waals surface area contributed by atoms with Crippen molar-refractivity contribution in [3.63, 3.8) is 0 Å². The van der Waals surface area contributed by atoms with Gasteiger partial charge in [0.1, 0.15) is 40.2 Å². The van der Waals surface area contributed by atoms with Gasteiger partial charge in [-0.25, -0.2) is 19.3 Å². The molecule has 2 unspecified atom stereocenters. The summed E-state index contributed by atoms with van der Waals surface area (Å²) in [6, 6.07) is 3.81. The number of benzene rings is 1. The predicted molar refractivity (Wildman–Crippen MR) is 152 cm³/mol. The highest BCUT2D eigenvalue weighted by Crippen LogP contribution is 2.44. The van der Waals surface area contributed by atoms with Crippen LogP contribution in [0.15, 0.2) is 42.9 Å². The molecule has 230 valence electrons. The van der Waals surface area contributed by atoms with Gasteiger partial charge in [0.2, 0.25) is 5.91 Å². The molecule has 2 saturated heterocycles. The van der Waals surface area contributed by atoms with E-state index in [4.69, 9.17) is 15.5 Å². The van der Waals surface area contributed by atoms with Crippen LogP contribution in [0.3, 0.4) is 0 Å². The second-order valence-corrected chi connectivity index (χ2v) is 11.7. The highest BCUT2D eigenvalue weighted by Gasteiger charge is 2.48. The largest absolute Gasteiger partial charge is 0.496 e. The Hall–Kier alpha value is -4.75. The molecule has 2 amide bonds. The van der Waals surface area contributed by atoms with E-state index in [0.29, 0.717) is 24.0 Å². The number of hydrogen-bond donors (Lipinski definition) is 2. The molecule has 2 aliphatic heterocycles. The van der Waals surface area contributed by atoms with E-state index in [2.05, 4.69) is 15.3 Å². The number of halogens is 4. The number of carbonyl (C=O) groups is 2. The molecule has 10 nitrogen and oxygen atoms in total. The summed E-state index contributed by atoms with van der Waals surface area (Å²) >= 11 is 0. The SMILES string of the molecule is COc1cc(C(=O)Nc2cc(C(F)(F)F)ccn2)cc(F)c1-c1nc(C2CCC3CC(C)(C)C(=O)N3C2)n2ccnc(N)c12. The minimum Gasteiger partial charge on any atom is -0.496 e. The zero-order valence-electron chi connectivity index (χ0n) is 24.1. The minimum absolute atomic E-state index is 0.0536. The molecule has 0 saturated carbocycles. The number of nitrogens with two attached hydrogens (primary N) is 1. The number of nitrogen functional groups attached to an aromatic ring is 1. The van der Waals surface area contributed by atoms with Crippen LogP contribution in [-0.4, -0.2) is 55.8 Å². The van der Waals surface area contributed by atoms with Gasteiger partial charge < -0.3 is 20.7 Å². The zero-order valence-corrected chi connectivity index (χ0v) is 24.1. The van der Waals surface area contributed by atoms with Crippen molar-refractivity contribution in [3.05, 3.63) is 65.6 Å². The van der Waals surface area contributed by atoms with Crippen LogP contribution in [0.1, 0.15) is 60.8 Å². The van der Waals surface area contributed by atoms with Crippen molar-refractivity contribution < 1.29 is 31.9 Å². The summed E-state index contributed by atoms with van der Waals surface area (Å²) in [5.74, 6) is -1.57. The van der Waals surface area contributed by atoms with Gasteiger partial charge in [-0.2, -0.15) is 13.2 Å². The zero-order chi connectivity index (χ0) is 31.6. The van der Waals surface area contributed by atoms with Crippen LogP contribution in [-0.2, 0) is 11.0 Å². The molecule has 0 spiro atoms. The number of nitrogens with one attached hydrogen (secondary N) is 1. The number of alkyl halides is 3. The van der Waals surface area contributed by atoms with Gasteiger partial charge in [0.15, 0.2) is 0 Å². The van der Waals surface area contributed by atoms with E-state index in [1.165, 1.54) is 19.4 Å². The smallest absolute Gasteiger partial charge is 0.416 e. The van der Waals surface area contributed by atoms with Crippen LogP contribution in [0, 0.1) is 11.2 Å². The van der Waals surface area contributed by atoms with Gasteiger partial charge in [0.25, 0.3) is 5.91 Å². The van der Waals surface area contributed by atoms with Crippen molar-refractivity contribution in [3.8, 4) is 17.0 Å². The minimum atomic E-state index is -4.64. The number of rotatable bonds is 5. The van der Waals surface area contributed by atoms with Crippen molar-refractivity contribution in [2.24, 2.45) is 5.41 Å². The molecule has 0 radical (unpaired) electrons. The van der Waals surface area contributed by atoms with Crippen molar-refractivity contribution in [1.82, 2.24) is 24.3 Å². The lowest BCUT2D eigenvalue weighted by atomic mass is 9.87. The Bertz CT molecular complexity index is 1800. The highest BCUT2D eigenvalue weighted by atomic mass is 19.4. The van der Waals surface area contributed by atoms with E-state index < -0.39 is 28.9 Å². The summed E-state index contributed by atoms with van der Waals surface area (Å²) in [4.78, 5) is 40.7. The molecule has 1 aromatic carbocycles. The van der Waals surface area contributed by atoms with Crippen molar-refractivity contribution in [1.29, 1.82) is 0 Å². The summed E-state index contributed by atoms with van der Waals surface area (Å²) in [5.41, 5.74) is 5.03. The second-order valence-electron chi connectivity index (χ2n) is 11.7. The van der Waals surface area contributed by atoms with Crippen LogP contribution in [0.5, 0.6) is 5.75 Å². The fourth-order valence-electron chi connectivity index (χ4n) is 6.28. The second kappa shape index (κ2) is 10.5. The van der Waals surface area contributed by atoms with E-state index >= 15 is 4.39 Å². The van der Waals surface area contributed by atoms with Crippen LogP contribution in [0.4, 0.5) is 29.2 Å². The third-order valence-corrected chi connectivity index (χ3v) is 8.37. The number of anilines is 2. The monoisotopic (exact) mass is 611 g/mol. The molecule has 2 aliphatic rings. The van der Waals surface area contributed by atoms with Crippen molar-refractivity contribution in [2.45, 2.75) is 51.2 Å². The van der Waals surface area contributed by atoms with E-state index in [1.54, 1.807) is 10.6 Å². The molecule has 6 rings (SSSR count). The molecule has 2 fully saturated rings. The lowest BCUT2D eigenvalue weighted by Gasteiger charge is -2.34. The number of piperidine rings is 1. The number of pyridine rings is 1. The van der Waals surface area contributed by atoms with Crippen LogP contribution >= 0.6 is 0 Å². The lowest BCUT2D eigenvalue weighted by Crippen LogP contribution is -2.42. The summed E-state index contributed by atoms with van der Waals surface area (Å²) in [7, 11) is 1.29. The first kappa shape index (κ1) is 29.3. The normalized spacial score (nSPS) is 19.7. The number of ether oxygens (including phenoxy) is 1. The van der Waals surface area contributed by atoms with Crippen LogP contribution < -0.4 is 15.8 Å². The Balaban J connectivity index is 1.37. The van der Waals surface area contributed by atoms with E-state index in [9.17, 15) is 22.8 Å². The number of aromatic nitrogens is 4. The van der Waals surface area contributed by atoms with Crippen LogP contribution in [0.25, 0.3) is 16.8 Å². The Morgan fingerprint density at radius 3 is 2.66 bits per heavy atom. The summed E-state index contributed by atoms with van der Waals surface area (Å²) < 4.78 is 62.5. The van der Waals surface area contributed by atoms with E-state index in [-0.39, 0.29) is 52.1 Å². The number of amides is 2. The Morgan fingerprint density at radius 1 is 1.16 bits per heavy atom. The fraction of sp³-hybridized carbons (Fsp3) is 0.367. The number of hydrogen-bond acceptors (Lipinski definition) is 7. The molecule has 2 atom stereocenters. The molecule has 5 heterocycles. The third-order valence-electron chi connectivity index (χ3n) is 8.37. The summed E-state index contributed by atoms with van der Waals surface area (Å²) in [6.45, 7) is 4.36. The van der Waals surface area contributed by atoms with E-state index in [0.717, 1.165) is 37.6 Å². The van der Waals surface area contributed by atoms with Crippen LogP contribution in [0.2, 0.25) is 0 Å². The first-order valence-electron chi connectivity index (χ1n) is 13.9. The Labute approximate surface area is 249 Å². The maximum absolute atomic E-state index is 15.9. The highest BCUT2D eigenvalue weighted by molar-refractivity contribution is 6.05.